The first-order valence-electron chi connectivity index (χ1n) is 7.93. The molecule has 23 heavy (non-hydrogen) atoms. The molecule has 0 saturated heterocycles. The first-order valence-corrected chi connectivity index (χ1v) is 7.93. The van der Waals surface area contributed by atoms with Gasteiger partial charge in [0.2, 0.25) is 5.95 Å². The number of nitrogens with one attached hydrogen (secondary N) is 1. The summed E-state index contributed by atoms with van der Waals surface area (Å²) >= 11 is 0. The predicted molar refractivity (Wildman–Crippen MR) is 95.0 cm³/mol. The molecule has 0 bridgehead atoms. The molecule has 0 spiro atoms. The fourth-order valence-corrected chi connectivity index (χ4v) is 2.62. The first kappa shape index (κ1) is 15.4. The average molecular weight is 310 g/mol. The minimum absolute atomic E-state index is 0.549. The number of fused-ring (bicyclic) bond motifs is 1. The topological polar surface area (TPSA) is 65.1 Å². The highest BCUT2D eigenvalue weighted by atomic mass is 16.5. The maximum Gasteiger partial charge on any atom is 0.201 e. The van der Waals surface area contributed by atoms with Crippen molar-refractivity contribution < 1.29 is 4.74 Å². The number of rotatable bonds is 7. The highest BCUT2D eigenvalue weighted by Crippen LogP contribution is 2.24. The molecule has 3 rings (SSSR count). The molecule has 1 heterocycles. The number of nitrogens with two attached hydrogens (primary N) is 1. The Bertz CT molecular complexity index is 767. The number of hydrogen-bond acceptors (Lipinski definition) is 4. The normalized spacial score (nSPS) is 11.0. The molecule has 0 fully saturated rings. The Labute approximate surface area is 136 Å². The van der Waals surface area contributed by atoms with Crippen molar-refractivity contribution in [2.75, 3.05) is 24.3 Å². The van der Waals surface area contributed by atoms with Gasteiger partial charge in [-0.05, 0) is 43.7 Å². The van der Waals surface area contributed by atoms with E-state index in [9.17, 15) is 0 Å². The summed E-state index contributed by atoms with van der Waals surface area (Å²) in [6.45, 7) is 4.30. The summed E-state index contributed by atoms with van der Waals surface area (Å²) in [6.07, 6.45) is 0.924. The lowest BCUT2D eigenvalue weighted by atomic mass is 10.2. The molecule has 0 aliphatic rings. The molecule has 0 aliphatic carbocycles. The van der Waals surface area contributed by atoms with Crippen molar-refractivity contribution in [2.45, 2.75) is 19.9 Å². The van der Waals surface area contributed by atoms with E-state index in [-0.39, 0.29) is 0 Å². The van der Waals surface area contributed by atoms with E-state index in [1.54, 1.807) is 0 Å². The van der Waals surface area contributed by atoms with Crippen LogP contribution >= 0.6 is 0 Å². The molecule has 0 atom stereocenters. The van der Waals surface area contributed by atoms with Crippen LogP contribution in [0.25, 0.3) is 11.0 Å². The fourth-order valence-electron chi connectivity index (χ4n) is 2.62. The van der Waals surface area contributed by atoms with Crippen LogP contribution in [0, 0.1) is 0 Å². The monoisotopic (exact) mass is 310 g/mol. The van der Waals surface area contributed by atoms with Crippen molar-refractivity contribution >= 4 is 28.4 Å². The lowest BCUT2D eigenvalue weighted by molar-refractivity contribution is 0.142. The molecule has 120 valence electrons. The Kier molecular flexibility index (Phi) is 4.78. The van der Waals surface area contributed by atoms with Crippen LogP contribution in [0.5, 0.6) is 0 Å². The van der Waals surface area contributed by atoms with Gasteiger partial charge in [0.25, 0.3) is 0 Å². The molecule has 5 nitrogen and oxygen atoms in total. The zero-order valence-corrected chi connectivity index (χ0v) is 13.3. The number of imidazole rings is 1. The first-order chi connectivity index (χ1) is 11.3. The molecular weight excluding hydrogens is 288 g/mol. The van der Waals surface area contributed by atoms with E-state index >= 15 is 0 Å². The van der Waals surface area contributed by atoms with Gasteiger partial charge in [-0.15, -0.1) is 0 Å². The van der Waals surface area contributed by atoms with E-state index in [4.69, 9.17) is 10.5 Å². The number of aryl methyl sites for hydroxylation is 1. The summed E-state index contributed by atoms with van der Waals surface area (Å²) in [5, 5.41) is 3.37. The van der Waals surface area contributed by atoms with E-state index in [0.29, 0.717) is 5.95 Å². The van der Waals surface area contributed by atoms with Gasteiger partial charge in [0.05, 0.1) is 11.0 Å². The van der Waals surface area contributed by atoms with Crippen molar-refractivity contribution in [3.63, 3.8) is 0 Å². The fraction of sp³-hybridized carbons (Fsp3) is 0.278. The number of anilines is 3. The summed E-state index contributed by atoms with van der Waals surface area (Å²) in [5.74, 6) is 0.549. The number of ether oxygens (including phenoxy) is 1. The third-order valence-corrected chi connectivity index (χ3v) is 3.71. The summed E-state index contributed by atoms with van der Waals surface area (Å²) in [5.41, 5.74) is 10.1. The predicted octanol–water partition coefficient (Wildman–Crippen LogP) is 3.79. The Hall–Kier alpha value is -2.53. The van der Waals surface area contributed by atoms with Crippen LogP contribution in [0.2, 0.25) is 0 Å². The van der Waals surface area contributed by atoms with Crippen molar-refractivity contribution in [3.8, 4) is 0 Å². The maximum atomic E-state index is 6.06. The zero-order chi connectivity index (χ0) is 16.1. The van der Waals surface area contributed by atoms with Gasteiger partial charge in [0, 0.05) is 31.1 Å². The highest BCUT2D eigenvalue weighted by molar-refractivity contribution is 5.83. The number of para-hydroxylation sites is 1. The Morgan fingerprint density at radius 3 is 2.74 bits per heavy atom. The third-order valence-electron chi connectivity index (χ3n) is 3.71. The summed E-state index contributed by atoms with van der Waals surface area (Å²) < 4.78 is 7.43. The molecule has 3 N–H and O–H groups in total. The van der Waals surface area contributed by atoms with Gasteiger partial charge >= 0.3 is 0 Å². The van der Waals surface area contributed by atoms with Gasteiger partial charge in [-0.3, -0.25) is 0 Å². The highest BCUT2D eigenvalue weighted by Gasteiger charge is 2.08. The SMILES string of the molecule is CCOCCCn1c(N)nc2cc(Nc3ccccc3)ccc21. The second-order valence-corrected chi connectivity index (χ2v) is 5.37. The van der Waals surface area contributed by atoms with Crippen LogP contribution in [-0.2, 0) is 11.3 Å². The molecule has 3 aromatic rings. The van der Waals surface area contributed by atoms with Crippen LogP contribution in [0.1, 0.15) is 13.3 Å². The van der Waals surface area contributed by atoms with E-state index in [0.717, 1.165) is 48.6 Å². The number of hydrogen-bond donors (Lipinski definition) is 2. The molecule has 0 saturated carbocycles. The van der Waals surface area contributed by atoms with Gasteiger partial charge in [-0.25, -0.2) is 4.98 Å². The van der Waals surface area contributed by atoms with Crippen LogP contribution in [-0.4, -0.2) is 22.8 Å². The third kappa shape index (κ3) is 3.63. The standard InChI is InChI=1S/C18H22N4O/c1-2-23-12-6-11-22-17-10-9-15(13-16(17)21-18(22)19)20-14-7-4-3-5-8-14/h3-5,7-10,13,20H,2,6,11-12H2,1H3,(H2,19,21). The summed E-state index contributed by atoms with van der Waals surface area (Å²) in [7, 11) is 0. The quantitative estimate of drug-likeness (QED) is 0.652. The maximum absolute atomic E-state index is 6.06. The number of aromatic nitrogens is 2. The number of nitrogen functional groups attached to an aromatic ring is 1. The van der Waals surface area contributed by atoms with E-state index in [1.165, 1.54) is 0 Å². The Balaban J connectivity index is 1.78. The summed E-state index contributed by atoms with van der Waals surface area (Å²) in [6, 6.07) is 16.2. The molecule has 1 aromatic heterocycles. The molecular formula is C18H22N4O. The number of benzene rings is 2. The lowest BCUT2D eigenvalue weighted by Gasteiger charge is -2.08. The zero-order valence-electron chi connectivity index (χ0n) is 13.3. The van der Waals surface area contributed by atoms with Crippen molar-refractivity contribution in [1.29, 1.82) is 0 Å². The minimum atomic E-state index is 0.549. The smallest absolute Gasteiger partial charge is 0.201 e. The van der Waals surface area contributed by atoms with E-state index in [1.807, 2.05) is 47.9 Å². The van der Waals surface area contributed by atoms with Gasteiger partial charge in [0.15, 0.2) is 0 Å². The Morgan fingerprint density at radius 2 is 1.96 bits per heavy atom. The van der Waals surface area contributed by atoms with Gasteiger partial charge < -0.3 is 20.4 Å². The Morgan fingerprint density at radius 1 is 1.13 bits per heavy atom. The van der Waals surface area contributed by atoms with Gasteiger partial charge in [-0.1, -0.05) is 18.2 Å². The molecule has 0 amide bonds. The van der Waals surface area contributed by atoms with Crippen LogP contribution in [0.15, 0.2) is 48.5 Å². The van der Waals surface area contributed by atoms with E-state index in [2.05, 4.69) is 22.4 Å². The molecule has 0 aliphatic heterocycles. The average Bonchev–Trinajstić information content (AvgIpc) is 2.87. The molecule has 0 radical (unpaired) electrons. The second kappa shape index (κ2) is 7.15. The van der Waals surface area contributed by atoms with Crippen molar-refractivity contribution in [2.24, 2.45) is 0 Å². The summed E-state index contributed by atoms with van der Waals surface area (Å²) in [4.78, 5) is 4.47. The van der Waals surface area contributed by atoms with E-state index < -0.39 is 0 Å². The van der Waals surface area contributed by atoms with Gasteiger partial charge in [0.1, 0.15) is 0 Å². The second-order valence-electron chi connectivity index (χ2n) is 5.37. The molecule has 2 aromatic carbocycles. The number of nitrogens with zero attached hydrogens (tertiary/aromatic N) is 2. The van der Waals surface area contributed by atoms with Crippen molar-refractivity contribution in [3.05, 3.63) is 48.5 Å². The largest absolute Gasteiger partial charge is 0.382 e. The minimum Gasteiger partial charge on any atom is -0.382 e. The van der Waals surface area contributed by atoms with Crippen LogP contribution < -0.4 is 11.1 Å². The lowest BCUT2D eigenvalue weighted by Crippen LogP contribution is -2.06. The molecule has 0 unspecified atom stereocenters. The van der Waals surface area contributed by atoms with Crippen molar-refractivity contribution in [1.82, 2.24) is 9.55 Å². The van der Waals surface area contributed by atoms with Crippen LogP contribution in [0.3, 0.4) is 0 Å². The van der Waals surface area contributed by atoms with Crippen LogP contribution in [0.4, 0.5) is 17.3 Å². The van der Waals surface area contributed by atoms with Gasteiger partial charge in [-0.2, -0.15) is 0 Å². The molecule has 5 heteroatoms.